The number of halogens is 3. The van der Waals surface area contributed by atoms with Crippen LogP contribution in [-0.2, 0) is 24.2 Å². The summed E-state index contributed by atoms with van der Waals surface area (Å²) in [6.07, 6.45) is -2.84. The van der Waals surface area contributed by atoms with Gasteiger partial charge in [-0.25, -0.2) is 22.8 Å². The molecule has 0 bridgehead atoms. The third-order valence-electron chi connectivity index (χ3n) is 5.57. The van der Waals surface area contributed by atoms with Crippen molar-refractivity contribution in [2.24, 2.45) is 0 Å². The number of carbonyl (C=O) groups is 2. The van der Waals surface area contributed by atoms with Gasteiger partial charge in [-0.2, -0.15) is 5.10 Å². The second-order valence-electron chi connectivity index (χ2n) is 7.87. The van der Waals surface area contributed by atoms with E-state index >= 15 is 0 Å². The highest BCUT2D eigenvalue weighted by Crippen LogP contribution is 2.27. The van der Waals surface area contributed by atoms with Gasteiger partial charge in [-0.1, -0.05) is 0 Å². The summed E-state index contributed by atoms with van der Waals surface area (Å²) < 4.78 is 45.4. The number of amides is 3. The number of aromatic nitrogens is 2. The molecule has 3 amide bonds. The molecule has 0 spiro atoms. The minimum Gasteiger partial charge on any atom is -0.369 e. The number of ether oxygens (including phenoxy) is 1. The zero-order valence-electron chi connectivity index (χ0n) is 17.7. The molecule has 4 rings (SSSR count). The molecule has 174 valence electrons. The van der Waals surface area contributed by atoms with E-state index in [1.165, 1.54) is 26.6 Å². The van der Waals surface area contributed by atoms with Gasteiger partial charge < -0.3 is 19.9 Å². The van der Waals surface area contributed by atoms with Gasteiger partial charge in [-0.15, -0.1) is 0 Å². The van der Waals surface area contributed by atoms with Crippen LogP contribution >= 0.6 is 0 Å². The highest BCUT2D eigenvalue weighted by molar-refractivity contribution is 5.95. The number of urea groups is 1. The lowest BCUT2D eigenvalue weighted by atomic mass is 10.0. The maximum absolute atomic E-state index is 13.5. The van der Waals surface area contributed by atoms with Gasteiger partial charge >= 0.3 is 6.03 Å². The first-order chi connectivity index (χ1) is 15.8. The Kier molecular flexibility index (Phi) is 6.24. The number of alkyl halides is 2. The molecule has 0 saturated heterocycles. The lowest BCUT2D eigenvalue weighted by Gasteiger charge is -2.27. The van der Waals surface area contributed by atoms with Crippen molar-refractivity contribution in [1.29, 1.82) is 0 Å². The minimum atomic E-state index is -2.61. The summed E-state index contributed by atoms with van der Waals surface area (Å²) in [5.41, 5.74) is 1.66. The molecule has 2 aliphatic heterocycles. The van der Waals surface area contributed by atoms with Crippen LogP contribution in [0.15, 0.2) is 18.2 Å². The predicted molar refractivity (Wildman–Crippen MR) is 111 cm³/mol. The van der Waals surface area contributed by atoms with E-state index < -0.39 is 31.0 Å². The van der Waals surface area contributed by atoms with Crippen molar-refractivity contribution in [2.45, 2.75) is 32.0 Å². The van der Waals surface area contributed by atoms with Crippen LogP contribution in [0.1, 0.15) is 21.7 Å². The Bertz CT molecular complexity index is 1130. The molecule has 33 heavy (non-hydrogen) atoms. The first kappa shape index (κ1) is 22.6. The van der Waals surface area contributed by atoms with Crippen LogP contribution in [0.4, 0.5) is 29.3 Å². The summed E-state index contributed by atoms with van der Waals surface area (Å²) in [6, 6.07) is 3.26. The molecule has 0 radical (unpaired) electrons. The molecule has 1 aromatic heterocycles. The zero-order valence-corrected chi connectivity index (χ0v) is 17.7. The summed E-state index contributed by atoms with van der Waals surface area (Å²) >= 11 is 0. The van der Waals surface area contributed by atoms with E-state index in [0.717, 1.165) is 6.07 Å². The fourth-order valence-electron chi connectivity index (χ4n) is 3.98. The van der Waals surface area contributed by atoms with Crippen LogP contribution in [0.3, 0.4) is 0 Å². The Labute approximate surface area is 187 Å². The molecule has 0 fully saturated rings. The number of carbonyl (C=O) groups excluding carboxylic acids is 2. The van der Waals surface area contributed by atoms with E-state index in [1.807, 2.05) is 0 Å². The first-order valence-corrected chi connectivity index (χ1v) is 10.2. The van der Waals surface area contributed by atoms with Gasteiger partial charge in [-0.3, -0.25) is 9.48 Å². The van der Waals surface area contributed by atoms with Crippen molar-refractivity contribution in [3.05, 3.63) is 52.4 Å². The number of nitrogens with one attached hydrogen (secondary N) is 1. The van der Waals surface area contributed by atoms with E-state index in [4.69, 9.17) is 11.3 Å². The number of nitrogens with zero attached hydrogens (tertiary/aromatic N) is 5. The molecule has 2 aliphatic rings. The number of hydrogen-bond donors (Lipinski definition) is 1. The third-order valence-corrected chi connectivity index (χ3v) is 5.57. The molecule has 2 aromatic rings. The van der Waals surface area contributed by atoms with Crippen molar-refractivity contribution >= 4 is 23.3 Å². The van der Waals surface area contributed by atoms with E-state index in [2.05, 4.69) is 15.3 Å². The Morgan fingerprint density at radius 1 is 1.39 bits per heavy atom. The molecular weight excluding hydrogens is 441 g/mol. The van der Waals surface area contributed by atoms with Gasteiger partial charge in [0.2, 0.25) is 5.69 Å². The number of likely N-dealkylation sites (N-methyl/N-ethyl adjacent to an activating group) is 1. The Hall–Kier alpha value is -3.59. The minimum absolute atomic E-state index is 0.121. The maximum atomic E-state index is 13.5. The second-order valence-corrected chi connectivity index (χ2v) is 7.87. The Morgan fingerprint density at radius 3 is 2.91 bits per heavy atom. The smallest absolute Gasteiger partial charge is 0.322 e. The van der Waals surface area contributed by atoms with E-state index in [-0.39, 0.29) is 36.9 Å². The van der Waals surface area contributed by atoms with Gasteiger partial charge in [0.1, 0.15) is 18.1 Å². The van der Waals surface area contributed by atoms with Gasteiger partial charge in [-0.05, 0) is 18.2 Å². The number of hydrogen-bond acceptors (Lipinski definition) is 4. The molecule has 0 unspecified atom stereocenters. The summed E-state index contributed by atoms with van der Waals surface area (Å²) in [5, 5.41) is 7.14. The molecule has 9 nitrogen and oxygen atoms in total. The van der Waals surface area contributed by atoms with Crippen molar-refractivity contribution in [3.8, 4) is 0 Å². The largest absolute Gasteiger partial charge is 0.369 e. The molecule has 12 heteroatoms. The topological polar surface area (TPSA) is 84.1 Å². The highest BCUT2D eigenvalue weighted by atomic mass is 19.3. The molecule has 1 aromatic carbocycles. The Balaban J connectivity index is 1.53. The Morgan fingerprint density at radius 2 is 2.18 bits per heavy atom. The first-order valence-electron chi connectivity index (χ1n) is 10.2. The van der Waals surface area contributed by atoms with Crippen LogP contribution in [-0.4, -0.2) is 70.8 Å². The van der Waals surface area contributed by atoms with Gasteiger partial charge in [0.15, 0.2) is 0 Å². The van der Waals surface area contributed by atoms with Crippen LogP contribution < -0.4 is 5.32 Å². The van der Waals surface area contributed by atoms with E-state index in [9.17, 15) is 22.8 Å². The molecule has 1 atom stereocenters. The van der Waals surface area contributed by atoms with Crippen molar-refractivity contribution in [2.75, 3.05) is 32.1 Å². The average Bonchev–Trinajstić information content (AvgIpc) is 3.09. The number of anilines is 1. The van der Waals surface area contributed by atoms with Crippen molar-refractivity contribution < 1.29 is 27.5 Å². The average molecular weight is 462 g/mol. The van der Waals surface area contributed by atoms with E-state index in [0.29, 0.717) is 29.9 Å². The number of fused-ring (bicyclic) bond motifs is 3. The van der Waals surface area contributed by atoms with Gasteiger partial charge in [0.05, 0.1) is 31.5 Å². The lowest BCUT2D eigenvalue weighted by molar-refractivity contribution is -0.0362. The van der Waals surface area contributed by atoms with E-state index in [1.54, 1.807) is 7.05 Å². The molecule has 1 N–H and O–H groups in total. The standard InChI is InChI=1S/C21H21F3N6O3/c1-25-17-7-12(3-4-15(17)22)26-21(32)29-6-5-16-14(10-29)19-20(31)28(2)8-13(9-30(19)27-16)33-11-18(23)24/h3-4,7,13,18H,5-6,8-11H2,2H3,(H,26,32)/t13-/m1/s1. The third kappa shape index (κ3) is 4.63. The SMILES string of the molecule is [C-]#[N+]c1cc(NC(=O)N2CCc3nn4c(c3C2)C(=O)N(C)C[C@@H](OCC(F)F)C4)ccc1F. The summed E-state index contributed by atoms with van der Waals surface area (Å²) in [4.78, 5) is 31.8. The van der Waals surface area contributed by atoms with Crippen molar-refractivity contribution in [3.63, 3.8) is 0 Å². The normalized spacial score (nSPS) is 17.9. The van der Waals surface area contributed by atoms with Gasteiger partial charge in [0, 0.05) is 37.8 Å². The van der Waals surface area contributed by atoms with Crippen molar-refractivity contribution in [1.82, 2.24) is 19.6 Å². The maximum Gasteiger partial charge on any atom is 0.322 e. The second kappa shape index (κ2) is 9.11. The number of rotatable bonds is 4. The highest BCUT2D eigenvalue weighted by Gasteiger charge is 2.35. The summed E-state index contributed by atoms with van der Waals surface area (Å²) in [7, 11) is 1.56. The molecule has 3 heterocycles. The van der Waals surface area contributed by atoms with Gasteiger partial charge in [0.25, 0.3) is 12.3 Å². The molecular formula is C21H21F3N6O3. The fourth-order valence-corrected chi connectivity index (χ4v) is 3.98. The summed E-state index contributed by atoms with van der Waals surface area (Å²) in [5.74, 6) is -0.999. The number of benzene rings is 1. The molecule has 0 aliphatic carbocycles. The molecule has 0 saturated carbocycles. The predicted octanol–water partition coefficient (Wildman–Crippen LogP) is 2.90. The van der Waals surface area contributed by atoms with Crippen LogP contribution in [0.25, 0.3) is 4.85 Å². The van der Waals surface area contributed by atoms with Crippen LogP contribution in [0.5, 0.6) is 0 Å². The van der Waals surface area contributed by atoms with Crippen LogP contribution in [0.2, 0.25) is 0 Å². The monoisotopic (exact) mass is 462 g/mol. The fraction of sp³-hybridized carbons (Fsp3) is 0.429. The lowest BCUT2D eigenvalue weighted by Crippen LogP contribution is -2.40. The quantitative estimate of drug-likeness (QED) is 0.709. The summed E-state index contributed by atoms with van der Waals surface area (Å²) in [6.45, 7) is 7.01. The van der Waals surface area contributed by atoms with Crippen LogP contribution in [0, 0.1) is 12.4 Å². The zero-order chi connectivity index (χ0) is 23.7.